The van der Waals surface area contributed by atoms with Crippen molar-refractivity contribution in [2.45, 2.75) is 33.7 Å². The zero-order valence-corrected chi connectivity index (χ0v) is 14.6. The largest absolute Gasteiger partial charge is 0.369 e. The van der Waals surface area contributed by atoms with Gasteiger partial charge in [-0.25, -0.2) is 4.98 Å². The summed E-state index contributed by atoms with van der Waals surface area (Å²) < 4.78 is 2.24. The molecule has 2 aromatic rings. The van der Waals surface area contributed by atoms with Crippen LogP contribution in [0.2, 0.25) is 0 Å². The molecule has 0 spiro atoms. The summed E-state index contributed by atoms with van der Waals surface area (Å²) in [5.41, 5.74) is 4.15. The quantitative estimate of drug-likeness (QED) is 0.848. The number of aromatic nitrogens is 2. The molecule has 1 fully saturated rings. The van der Waals surface area contributed by atoms with Crippen molar-refractivity contribution in [2.75, 3.05) is 37.6 Å². The highest BCUT2D eigenvalue weighted by molar-refractivity contribution is 5.55. The average molecular weight is 312 g/mol. The summed E-state index contributed by atoms with van der Waals surface area (Å²) in [5, 5.41) is 0. The topological polar surface area (TPSA) is 24.3 Å². The van der Waals surface area contributed by atoms with E-state index in [1.807, 2.05) is 6.20 Å². The van der Waals surface area contributed by atoms with E-state index in [2.05, 4.69) is 64.5 Å². The molecule has 1 aromatic heterocycles. The second-order valence-electron chi connectivity index (χ2n) is 6.64. The molecule has 0 amide bonds. The van der Waals surface area contributed by atoms with Gasteiger partial charge in [-0.05, 0) is 50.9 Å². The van der Waals surface area contributed by atoms with Gasteiger partial charge in [0, 0.05) is 50.8 Å². The fourth-order valence-corrected chi connectivity index (χ4v) is 3.38. The van der Waals surface area contributed by atoms with Crippen LogP contribution in [0.25, 0.3) is 0 Å². The van der Waals surface area contributed by atoms with Gasteiger partial charge in [0.15, 0.2) is 0 Å². The van der Waals surface area contributed by atoms with Crippen LogP contribution >= 0.6 is 0 Å². The van der Waals surface area contributed by atoms with Crippen molar-refractivity contribution >= 4 is 5.69 Å². The number of hydrogen-bond donors (Lipinski definition) is 0. The van der Waals surface area contributed by atoms with Crippen LogP contribution < -0.4 is 4.90 Å². The molecule has 0 radical (unpaired) electrons. The van der Waals surface area contributed by atoms with Gasteiger partial charge in [-0.3, -0.25) is 4.90 Å². The average Bonchev–Trinajstić information content (AvgIpc) is 2.96. The smallest absolute Gasteiger partial charge is 0.105 e. The lowest BCUT2D eigenvalue weighted by Crippen LogP contribution is -2.47. The molecule has 0 saturated carbocycles. The zero-order chi connectivity index (χ0) is 16.2. The van der Waals surface area contributed by atoms with Crippen LogP contribution in [0.3, 0.4) is 0 Å². The minimum absolute atomic E-state index is 1.07. The Kier molecular flexibility index (Phi) is 5.01. The first-order chi connectivity index (χ1) is 11.1. The van der Waals surface area contributed by atoms with E-state index in [9.17, 15) is 0 Å². The standard InChI is InChI=1S/C19H28N4/c1-16-5-6-17(2)19(15-16)23-13-11-21(12-14-23)8-4-9-22-10-7-20-18(22)3/h5-7,10,15H,4,8-9,11-14H2,1-3H3. The van der Waals surface area contributed by atoms with Crippen LogP contribution in [-0.4, -0.2) is 47.2 Å². The Bertz CT molecular complexity index is 639. The third kappa shape index (κ3) is 3.94. The summed E-state index contributed by atoms with van der Waals surface area (Å²) in [4.78, 5) is 9.42. The minimum atomic E-state index is 1.07. The Morgan fingerprint density at radius 3 is 2.48 bits per heavy atom. The molecule has 0 aliphatic carbocycles. The first-order valence-electron chi connectivity index (χ1n) is 8.66. The summed E-state index contributed by atoms with van der Waals surface area (Å²) in [6.07, 6.45) is 5.16. The van der Waals surface area contributed by atoms with Crippen LogP contribution in [0.15, 0.2) is 30.6 Å². The number of imidazole rings is 1. The fourth-order valence-electron chi connectivity index (χ4n) is 3.38. The maximum Gasteiger partial charge on any atom is 0.105 e. The second kappa shape index (κ2) is 7.18. The monoisotopic (exact) mass is 312 g/mol. The summed E-state index contributed by atoms with van der Waals surface area (Å²) in [5.74, 6) is 1.12. The normalized spacial score (nSPS) is 16.0. The lowest BCUT2D eigenvalue weighted by atomic mass is 10.1. The molecule has 1 aromatic carbocycles. The number of rotatable bonds is 5. The third-order valence-corrected chi connectivity index (χ3v) is 4.87. The van der Waals surface area contributed by atoms with E-state index in [-0.39, 0.29) is 0 Å². The van der Waals surface area contributed by atoms with E-state index < -0.39 is 0 Å². The number of aryl methyl sites for hydroxylation is 4. The molecule has 23 heavy (non-hydrogen) atoms. The van der Waals surface area contributed by atoms with Crippen molar-refractivity contribution in [1.29, 1.82) is 0 Å². The highest BCUT2D eigenvalue weighted by Crippen LogP contribution is 2.22. The van der Waals surface area contributed by atoms with Crippen molar-refractivity contribution < 1.29 is 0 Å². The Labute approximate surface area is 139 Å². The summed E-state index contributed by atoms with van der Waals surface area (Å²) in [6, 6.07) is 6.77. The molecule has 0 atom stereocenters. The first-order valence-corrected chi connectivity index (χ1v) is 8.66. The van der Waals surface area contributed by atoms with Crippen molar-refractivity contribution in [1.82, 2.24) is 14.5 Å². The van der Waals surface area contributed by atoms with Gasteiger partial charge >= 0.3 is 0 Å². The molecular weight excluding hydrogens is 284 g/mol. The van der Waals surface area contributed by atoms with E-state index >= 15 is 0 Å². The zero-order valence-electron chi connectivity index (χ0n) is 14.6. The molecule has 0 bridgehead atoms. The van der Waals surface area contributed by atoms with Crippen molar-refractivity contribution in [3.63, 3.8) is 0 Å². The van der Waals surface area contributed by atoms with Gasteiger partial charge in [0.25, 0.3) is 0 Å². The SMILES string of the molecule is Cc1ccc(C)c(N2CCN(CCCn3ccnc3C)CC2)c1. The Morgan fingerprint density at radius 1 is 1.00 bits per heavy atom. The van der Waals surface area contributed by atoms with Crippen LogP contribution in [0.1, 0.15) is 23.4 Å². The first kappa shape index (κ1) is 16.1. The van der Waals surface area contributed by atoms with E-state index in [4.69, 9.17) is 0 Å². The van der Waals surface area contributed by atoms with Crippen LogP contribution in [0.5, 0.6) is 0 Å². The van der Waals surface area contributed by atoms with Gasteiger partial charge in [0.2, 0.25) is 0 Å². The summed E-state index contributed by atoms with van der Waals surface area (Å²) in [7, 11) is 0. The molecule has 2 heterocycles. The van der Waals surface area contributed by atoms with E-state index in [1.54, 1.807) is 0 Å². The Hall–Kier alpha value is -1.81. The molecule has 4 nitrogen and oxygen atoms in total. The molecule has 1 aliphatic heterocycles. The lowest BCUT2D eigenvalue weighted by molar-refractivity contribution is 0.250. The molecule has 1 aliphatic rings. The lowest BCUT2D eigenvalue weighted by Gasteiger charge is -2.37. The van der Waals surface area contributed by atoms with Crippen LogP contribution in [0.4, 0.5) is 5.69 Å². The van der Waals surface area contributed by atoms with E-state index in [0.717, 1.165) is 38.5 Å². The Morgan fingerprint density at radius 2 is 1.78 bits per heavy atom. The number of nitrogens with zero attached hydrogens (tertiary/aromatic N) is 4. The highest BCUT2D eigenvalue weighted by Gasteiger charge is 2.18. The fraction of sp³-hybridized carbons (Fsp3) is 0.526. The molecule has 3 rings (SSSR count). The maximum absolute atomic E-state index is 4.28. The number of hydrogen-bond acceptors (Lipinski definition) is 3. The number of benzene rings is 1. The van der Waals surface area contributed by atoms with Crippen molar-refractivity contribution in [3.8, 4) is 0 Å². The number of anilines is 1. The van der Waals surface area contributed by atoms with Gasteiger partial charge in [-0.1, -0.05) is 12.1 Å². The molecule has 124 valence electrons. The van der Waals surface area contributed by atoms with Crippen molar-refractivity contribution in [2.24, 2.45) is 0 Å². The second-order valence-corrected chi connectivity index (χ2v) is 6.64. The molecule has 1 saturated heterocycles. The predicted octanol–water partition coefficient (Wildman–Crippen LogP) is 3.02. The Balaban J connectivity index is 1.47. The molecule has 4 heteroatoms. The number of piperazine rings is 1. The molecular formula is C19H28N4. The van der Waals surface area contributed by atoms with Gasteiger partial charge < -0.3 is 9.47 Å². The minimum Gasteiger partial charge on any atom is -0.369 e. The predicted molar refractivity (Wildman–Crippen MR) is 96.2 cm³/mol. The van der Waals surface area contributed by atoms with Crippen LogP contribution in [-0.2, 0) is 6.54 Å². The van der Waals surface area contributed by atoms with Gasteiger partial charge in [0.1, 0.15) is 5.82 Å². The van der Waals surface area contributed by atoms with Gasteiger partial charge in [-0.2, -0.15) is 0 Å². The van der Waals surface area contributed by atoms with Crippen LogP contribution in [0, 0.1) is 20.8 Å². The van der Waals surface area contributed by atoms with E-state index in [1.165, 1.54) is 29.8 Å². The summed E-state index contributed by atoms with van der Waals surface area (Å²) >= 11 is 0. The van der Waals surface area contributed by atoms with E-state index in [0.29, 0.717) is 0 Å². The van der Waals surface area contributed by atoms with Gasteiger partial charge in [0.05, 0.1) is 0 Å². The van der Waals surface area contributed by atoms with Gasteiger partial charge in [-0.15, -0.1) is 0 Å². The summed E-state index contributed by atoms with van der Waals surface area (Å²) in [6.45, 7) is 13.3. The highest BCUT2D eigenvalue weighted by atomic mass is 15.3. The third-order valence-electron chi connectivity index (χ3n) is 4.87. The maximum atomic E-state index is 4.28. The van der Waals surface area contributed by atoms with Crippen molar-refractivity contribution in [3.05, 3.63) is 47.5 Å². The molecule has 0 unspecified atom stereocenters. The molecule has 0 N–H and O–H groups in total.